The fourth-order valence-corrected chi connectivity index (χ4v) is 3.06. The van der Waals surface area contributed by atoms with E-state index in [1.807, 2.05) is 25.2 Å². The van der Waals surface area contributed by atoms with Gasteiger partial charge in [0.15, 0.2) is 0 Å². The second-order valence-corrected chi connectivity index (χ2v) is 6.15. The lowest BCUT2D eigenvalue weighted by atomic mass is 10.1. The van der Waals surface area contributed by atoms with Gasteiger partial charge in [0.05, 0.1) is 17.0 Å². The normalized spacial score (nSPS) is 17.9. The average molecular weight is 314 g/mol. The van der Waals surface area contributed by atoms with Gasteiger partial charge in [-0.2, -0.15) is 0 Å². The van der Waals surface area contributed by atoms with Crippen molar-refractivity contribution in [1.29, 1.82) is 0 Å². The molecule has 1 aromatic heterocycles. The molecule has 2 amide bonds. The van der Waals surface area contributed by atoms with Crippen molar-refractivity contribution in [1.82, 2.24) is 19.8 Å². The minimum absolute atomic E-state index is 0.0206. The molecule has 1 N–H and O–H groups in total. The summed E-state index contributed by atoms with van der Waals surface area (Å²) in [7, 11) is 3.75. The number of nitrogens with zero attached hydrogens (tertiary/aromatic N) is 3. The molecule has 0 spiro atoms. The first kappa shape index (κ1) is 15.5. The molecular weight excluding hydrogens is 292 g/mol. The molecule has 1 aliphatic rings. The minimum Gasteiger partial charge on any atom is -0.356 e. The zero-order valence-corrected chi connectivity index (χ0v) is 13.6. The molecule has 1 fully saturated rings. The number of benzene rings is 1. The fraction of sp³-hybridized carbons (Fsp3) is 0.471. The average Bonchev–Trinajstić information content (AvgIpc) is 3.05. The molecule has 0 aliphatic carbocycles. The van der Waals surface area contributed by atoms with Gasteiger partial charge in [-0.25, -0.2) is 4.98 Å². The number of para-hydroxylation sites is 2. The Labute approximate surface area is 135 Å². The molecule has 6 heteroatoms. The maximum atomic E-state index is 12.0. The summed E-state index contributed by atoms with van der Waals surface area (Å²) >= 11 is 0. The Hall–Kier alpha value is -2.37. The highest BCUT2D eigenvalue weighted by atomic mass is 16.2. The summed E-state index contributed by atoms with van der Waals surface area (Å²) in [6.45, 7) is 1.13. The molecule has 6 nitrogen and oxygen atoms in total. The van der Waals surface area contributed by atoms with E-state index in [2.05, 4.69) is 20.9 Å². The Bertz CT molecular complexity index is 737. The van der Waals surface area contributed by atoms with Crippen LogP contribution in [0.3, 0.4) is 0 Å². The molecule has 1 aliphatic heterocycles. The summed E-state index contributed by atoms with van der Waals surface area (Å²) in [6.07, 6.45) is 1.97. The van der Waals surface area contributed by atoms with Crippen LogP contribution in [0.4, 0.5) is 0 Å². The first-order valence-electron chi connectivity index (χ1n) is 7.98. The van der Waals surface area contributed by atoms with Gasteiger partial charge in [-0.05, 0) is 18.6 Å². The standard InChI is InChI=1S/C17H22N4O2/c1-20-11-12(10-16(20)22)17(23)18-9-5-8-15-19-13-6-3-4-7-14(13)21(15)2/h3-4,6-7,12H,5,8-11H2,1-2H3,(H,18,23)/t12-/m1/s1. The van der Waals surface area contributed by atoms with Crippen molar-refractivity contribution in [2.24, 2.45) is 13.0 Å². The van der Waals surface area contributed by atoms with Crippen LogP contribution >= 0.6 is 0 Å². The van der Waals surface area contributed by atoms with Crippen LogP contribution in [0.5, 0.6) is 0 Å². The number of hydrogen-bond donors (Lipinski definition) is 1. The lowest BCUT2D eigenvalue weighted by Gasteiger charge is -2.11. The molecule has 1 atom stereocenters. The van der Waals surface area contributed by atoms with Crippen LogP contribution in [-0.2, 0) is 23.1 Å². The van der Waals surface area contributed by atoms with E-state index in [4.69, 9.17) is 0 Å². The monoisotopic (exact) mass is 314 g/mol. The Morgan fingerprint density at radius 2 is 2.13 bits per heavy atom. The van der Waals surface area contributed by atoms with Gasteiger partial charge < -0.3 is 14.8 Å². The molecule has 122 valence electrons. The van der Waals surface area contributed by atoms with Crippen molar-refractivity contribution >= 4 is 22.8 Å². The van der Waals surface area contributed by atoms with E-state index in [1.54, 1.807) is 11.9 Å². The highest BCUT2D eigenvalue weighted by molar-refractivity contribution is 5.89. The van der Waals surface area contributed by atoms with Crippen LogP contribution in [0, 0.1) is 5.92 Å². The van der Waals surface area contributed by atoms with E-state index < -0.39 is 0 Å². The number of carbonyl (C=O) groups excluding carboxylic acids is 2. The van der Waals surface area contributed by atoms with Crippen molar-refractivity contribution in [3.63, 3.8) is 0 Å². The highest BCUT2D eigenvalue weighted by Crippen LogP contribution is 2.16. The van der Waals surface area contributed by atoms with Gasteiger partial charge in [0.25, 0.3) is 0 Å². The van der Waals surface area contributed by atoms with E-state index in [-0.39, 0.29) is 17.7 Å². The predicted molar refractivity (Wildman–Crippen MR) is 87.8 cm³/mol. The highest BCUT2D eigenvalue weighted by Gasteiger charge is 2.31. The summed E-state index contributed by atoms with van der Waals surface area (Å²) in [6, 6.07) is 8.06. The smallest absolute Gasteiger partial charge is 0.225 e. The second-order valence-electron chi connectivity index (χ2n) is 6.15. The molecule has 2 aromatic rings. The topological polar surface area (TPSA) is 67.2 Å². The summed E-state index contributed by atoms with van der Waals surface area (Å²) in [5, 5.41) is 2.93. The molecule has 0 saturated carbocycles. The van der Waals surface area contributed by atoms with Gasteiger partial charge >= 0.3 is 0 Å². The lowest BCUT2D eigenvalue weighted by molar-refractivity contribution is -0.128. The zero-order chi connectivity index (χ0) is 16.4. The predicted octanol–water partition coefficient (Wildman–Crippen LogP) is 1.10. The van der Waals surface area contributed by atoms with E-state index in [9.17, 15) is 9.59 Å². The van der Waals surface area contributed by atoms with Crippen LogP contribution in [-0.4, -0.2) is 46.4 Å². The number of rotatable bonds is 5. The third-order valence-corrected chi connectivity index (χ3v) is 4.47. The zero-order valence-electron chi connectivity index (χ0n) is 13.6. The molecule has 3 rings (SSSR count). The Morgan fingerprint density at radius 1 is 1.35 bits per heavy atom. The molecule has 1 saturated heterocycles. The molecule has 0 unspecified atom stereocenters. The Morgan fingerprint density at radius 3 is 2.83 bits per heavy atom. The van der Waals surface area contributed by atoms with Gasteiger partial charge in [0.2, 0.25) is 11.8 Å². The van der Waals surface area contributed by atoms with Gasteiger partial charge in [-0.1, -0.05) is 12.1 Å². The van der Waals surface area contributed by atoms with E-state index in [0.29, 0.717) is 19.5 Å². The lowest BCUT2D eigenvalue weighted by Crippen LogP contribution is -2.33. The summed E-state index contributed by atoms with van der Waals surface area (Å²) in [4.78, 5) is 29.7. The quantitative estimate of drug-likeness (QED) is 0.841. The maximum Gasteiger partial charge on any atom is 0.225 e. The van der Waals surface area contributed by atoms with Crippen molar-refractivity contribution in [2.75, 3.05) is 20.1 Å². The summed E-state index contributed by atoms with van der Waals surface area (Å²) in [5.74, 6) is 0.844. The minimum atomic E-state index is -0.205. The number of fused-ring (bicyclic) bond motifs is 1. The number of aromatic nitrogens is 2. The van der Waals surface area contributed by atoms with Crippen LogP contribution < -0.4 is 5.32 Å². The number of aryl methyl sites for hydroxylation is 2. The van der Waals surface area contributed by atoms with Crippen LogP contribution in [0.1, 0.15) is 18.7 Å². The van der Waals surface area contributed by atoms with Crippen LogP contribution in [0.15, 0.2) is 24.3 Å². The maximum absolute atomic E-state index is 12.0. The van der Waals surface area contributed by atoms with Crippen molar-refractivity contribution in [3.05, 3.63) is 30.1 Å². The molecule has 0 radical (unpaired) electrons. The van der Waals surface area contributed by atoms with E-state index in [1.165, 1.54) is 0 Å². The van der Waals surface area contributed by atoms with Gasteiger partial charge in [-0.15, -0.1) is 0 Å². The number of likely N-dealkylation sites (tertiary alicyclic amines) is 1. The van der Waals surface area contributed by atoms with Crippen molar-refractivity contribution < 1.29 is 9.59 Å². The number of amides is 2. The van der Waals surface area contributed by atoms with Crippen LogP contribution in [0.2, 0.25) is 0 Å². The summed E-state index contributed by atoms with van der Waals surface area (Å²) in [5.41, 5.74) is 2.13. The Balaban J connectivity index is 1.49. The molecule has 23 heavy (non-hydrogen) atoms. The number of carbonyl (C=O) groups is 2. The largest absolute Gasteiger partial charge is 0.356 e. The third-order valence-electron chi connectivity index (χ3n) is 4.47. The third kappa shape index (κ3) is 3.21. The number of imidazole rings is 1. The van der Waals surface area contributed by atoms with Crippen molar-refractivity contribution in [3.8, 4) is 0 Å². The SMILES string of the molecule is CN1C[C@H](C(=O)NCCCc2nc3ccccc3n2C)CC1=O. The second kappa shape index (κ2) is 6.40. The number of nitrogens with one attached hydrogen (secondary N) is 1. The fourth-order valence-electron chi connectivity index (χ4n) is 3.06. The van der Waals surface area contributed by atoms with Crippen molar-refractivity contribution in [2.45, 2.75) is 19.3 Å². The van der Waals surface area contributed by atoms with E-state index >= 15 is 0 Å². The van der Waals surface area contributed by atoms with E-state index in [0.717, 1.165) is 29.7 Å². The summed E-state index contributed by atoms with van der Waals surface area (Å²) < 4.78 is 2.10. The molecule has 0 bridgehead atoms. The number of hydrogen-bond acceptors (Lipinski definition) is 3. The first-order valence-corrected chi connectivity index (χ1v) is 7.98. The van der Waals surface area contributed by atoms with Gasteiger partial charge in [0, 0.05) is 40.0 Å². The molecule has 1 aromatic carbocycles. The molecule has 2 heterocycles. The molecular formula is C17H22N4O2. The Kier molecular flexibility index (Phi) is 4.32. The van der Waals surface area contributed by atoms with Gasteiger partial charge in [-0.3, -0.25) is 9.59 Å². The first-order chi connectivity index (χ1) is 11.1. The van der Waals surface area contributed by atoms with Gasteiger partial charge in [0.1, 0.15) is 5.82 Å². The van der Waals surface area contributed by atoms with Crippen LogP contribution in [0.25, 0.3) is 11.0 Å².